The van der Waals surface area contributed by atoms with Crippen molar-refractivity contribution in [1.29, 1.82) is 0 Å². The van der Waals surface area contributed by atoms with Gasteiger partial charge in [0, 0.05) is 11.3 Å². The van der Waals surface area contributed by atoms with Crippen LogP contribution in [0.15, 0.2) is 6.07 Å². The topological polar surface area (TPSA) is 97.8 Å². The Bertz CT molecular complexity index is 535. The molecule has 1 fully saturated rings. The lowest BCUT2D eigenvalue weighted by molar-refractivity contribution is -0.0720. The molecular weight excluding hydrogens is 269 g/mol. The predicted octanol–water partition coefficient (Wildman–Crippen LogP) is 0.0868. The summed E-state index contributed by atoms with van der Waals surface area (Å²) in [6, 6.07) is 1.35. The molecule has 110 valence electrons. The van der Waals surface area contributed by atoms with Crippen LogP contribution in [0.2, 0.25) is 0 Å². The molecule has 3 heterocycles. The summed E-state index contributed by atoms with van der Waals surface area (Å²) in [4.78, 5) is 16.2. The van der Waals surface area contributed by atoms with E-state index in [9.17, 15) is 14.3 Å². The summed E-state index contributed by atoms with van der Waals surface area (Å²) in [7, 11) is 0. The van der Waals surface area contributed by atoms with Gasteiger partial charge in [-0.2, -0.15) is 0 Å². The predicted molar refractivity (Wildman–Crippen MR) is 66.7 cm³/mol. The number of aromatic amines is 1. The minimum Gasteiger partial charge on any atom is -0.394 e. The van der Waals surface area contributed by atoms with Crippen LogP contribution >= 0.6 is 0 Å². The Morgan fingerprint density at radius 2 is 2.35 bits per heavy atom. The number of aryl methyl sites for hydroxylation is 1. The van der Waals surface area contributed by atoms with Crippen molar-refractivity contribution in [3.05, 3.63) is 17.3 Å². The maximum atomic E-state index is 14.0. The van der Waals surface area contributed by atoms with Crippen LogP contribution in [-0.4, -0.2) is 57.3 Å². The van der Waals surface area contributed by atoms with Gasteiger partial charge in [-0.1, -0.05) is 0 Å². The summed E-state index contributed by atoms with van der Waals surface area (Å²) in [6.45, 7) is 1.54. The Kier molecular flexibility index (Phi) is 3.15. The number of amides is 2. The van der Waals surface area contributed by atoms with Crippen LogP contribution in [0.3, 0.4) is 0 Å². The molecule has 20 heavy (non-hydrogen) atoms. The number of ether oxygens (including phenoxy) is 1. The number of fused-ring (bicyclic) bond motifs is 1. The Morgan fingerprint density at radius 3 is 3.00 bits per heavy atom. The summed E-state index contributed by atoms with van der Waals surface area (Å²) in [5, 5.41) is 21.3. The van der Waals surface area contributed by atoms with Crippen molar-refractivity contribution in [2.75, 3.05) is 11.9 Å². The lowest BCUT2D eigenvalue weighted by Crippen LogP contribution is -2.49. The molecule has 2 amide bonds. The number of aliphatic hydroxyl groups is 2. The molecule has 2 aliphatic rings. The molecule has 0 spiro atoms. The number of anilines is 1. The van der Waals surface area contributed by atoms with Crippen molar-refractivity contribution in [3.63, 3.8) is 0 Å². The molecule has 1 aromatic heterocycles. The van der Waals surface area contributed by atoms with E-state index in [0.29, 0.717) is 5.82 Å². The fourth-order valence-corrected chi connectivity index (χ4v) is 2.63. The summed E-state index contributed by atoms with van der Waals surface area (Å²) in [5.41, 5.74) is 1.70. The summed E-state index contributed by atoms with van der Waals surface area (Å²) < 4.78 is 19.3. The zero-order valence-corrected chi connectivity index (χ0v) is 10.8. The third-order valence-corrected chi connectivity index (χ3v) is 3.65. The van der Waals surface area contributed by atoms with Crippen molar-refractivity contribution in [2.24, 2.45) is 0 Å². The number of alkyl halides is 1. The number of rotatable bonds is 2. The van der Waals surface area contributed by atoms with Crippen molar-refractivity contribution in [3.8, 4) is 0 Å². The Morgan fingerprint density at radius 1 is 1.60 bits per heavy atom. The zero-order valence-electron chi connectivity index (χ0n) is 10.8. The van der Waals surface area contributed by atoms with E-state index in [0.717, 1.165) is 11.3 Å². The minimum absolute atomic E-state index is 0.182. The number of carbonyl (C=O) groups excluding carboxylic acids is 1. The number of hydrogen-bond donors (Lipinski definition) is 4. The fraction of sp³-hybridized carbons (Fsp3) is 0.583. The standard InChI is InChI=1S/C12H16FN3O4/c1-5-2-6-3-16(12(19)15-10(6)14-5)11-8(13)9(18)7(4-17)20-11/h2,7-9,11,14,17-18H,3-4H2,1H3,(H,15,19)/t7-,8+,9-,11-/m1/s1. The third-order valence-electron chi connectivity index (χ3n) is 3.65. The fourth-order valence-electron chi connectivity index (χ4n) is 2.63. The first-order chi connectivity index (χ1) is 9.51. The van der Waals surface area contributed by atoms with Crippen LogP contribution in [-0.2, 0) is 11.3 Å². The van der Waals surface area contributed by atoms with Crippen LogP contribution in [0.4, 0.5) is 15.0 Å². The second-order valence-corrected chi connectivity index (χ2v) is 5.09. The number of nitrogens with zero attached hydrogens (tertiary/aromatic N) is 1. The number of urea groups is 1. The zero-order chi connectivity index (χ0) is 14.4. The molecular formula is C12H16FN3O4. The molecule has 0 saturated carbocycles. The van der Waals surface area contributed by atoms with E-state index >= 15 is 0 Å². The number of hydrogen-bond acceptors (Lipinski definition) is 4. The number of halogens is 1. The van der Waals surface area contributed by atoms with Gasteiger partial charge in [0.05, 0.1) is 13.2 Å². The van der Waals surface area contributed by atoms with E-state index in [1.807, 2.05) is 13.0 Å². The highest BCUT2D eigenvalue weighted by Crippen LogP contribution is 2.31. The molecule has 0 bridgehead atoms. The molecule has 0 aromatic carbocycles. The maximum absolute atomic E-state index is 14.0. The second-order valence-electron chi connectivity index (χ2n) is 5.09. The van der Waals surface area contributed by atoms with Gasteiger partial charge in [0.2, 0.25) is 0 Å². The Labute approximate surface area is 114 Å². The van der Waals surface area contributed by atoms with Crippen molar-refractivity contribution >= 4 is 11.8 Å². The second kappa shape index (κ2) is 4.72. The highest BCUT2D eigenvalue weighted by atomic mass is 19.1. The number of aliphatic hydroxyl groups excluding tert-OH is 2. The van der Waals surface area contributed by atoms with Gasteiger partial charge in [-0.3, -0.25) is 10.2 Å². The first-order valence-electron chi connectivity index (χ1n) is 6.36. The number of nitrogens with one attached hydrogen (secondary N) is 2. The molecule has 4 N–H and O–H groups in total. The van der Waals surface area contributed by atoms with Gasteiger partial charge >= 0.3 is 6.03 Å². The van der Waals surface area contributed by atoms with Crippen LogP contribution in [0.25, 0.3) is 0 Å². The molecule has 0 aliphatic carbocycles. The van der Waals surface area contributed by atoms with Crippen LogP contribution in [0.1, 0.15) is 11.3 Å². The van der Waals surface area contributed by atoms with Crippen LogP contribution in [0, 0.1) is 6.92 Å². The molecule has 3 rings (SSSR count). The lowest BCUT2D eigenvalue weighted by Gasteiger charge is -2.32. The van der Waals surface area contributed by atoms with Crippen molar-refractivity contribution in [2.45, 2.75) is 38.1 Å². The van der Waals surface area contributed by atoms with E-state index in [1.165, 1.54) is 4.90 Å². The number of carbonyl (C=O) groups is 1. The molecule has 1 aromatic rings. The van der Waals surface area contributed by atoms with Crippen LogP contribution in [0.5, 0.6) is 0 Å². The number of aromatic nitrogens is 1. The average molecular weight is 285 g/mol. The van der Waals surface area contributed by atoms with E-state index in [-0.39, 0.29) is 6.54 Å². The molecule has 2 aliphatic heterocycles. The normalized spacial score (nSPS) is 33.2. The molecule has 8 heteroatoms. The monoisotopic (exact) mass is 285 g/mol. The highest BCUT2D eigenvalue weighted by molar-refractivity contribution is 5.91. The van der Waals surface area contributed by atoms with Crippen molar-refractivity contribution < 1.29 is 24.1 Å². The SMILES string of the molecule is Cc1cc2c([nH]1)NC(=O)N([C@@H]1O[C@H](CO)[C@@H](O)[C@@H]1F)C2. The minimum atomic E-state index is -1.75. The summed E-state index contributed by atoms with van der Waals surface area (Å²) in [6.07, 6.45) is -5.41. The van der Waals surface area contributed by atoms with E-state index in [4.69, 9.17) is 9.84 Å². The molecule has 0 unspecified atom stereocenters. The highest BCUT2D eigenvalue weighted by Gasteiger charge is 2.48. The molecule has 4 atom stereocenters. The first-order valence-corrected chi connectivity index (χ1v) is 6.36. The first kappa shape index (κ1) is 13.3. The largest absolute Gasteiger partial charge is 0.394 e. The van der Waals surface area contributed by atoms with Crippen molar-refractivity contribution in [1.82, 2.24) is 9.88 Å². The van der Waals surface area contributed by atoms with Gasteiger partial charge in [-0.05, 0) is 13.0 Å². The molecule has 0 radical (unpaired) electrons. The van der Waals surface area contributed by atoms with E-state index < -0.39 is 37.2 Å². The lowest BCUT2D eigenvalue weighted by atomic mass is 10.1. The van der Waals surface area contributed by atoms with Gasteiger partial charge in [-0.15, -0.1) is 0 Å². The van der Waals surface area contributed by atoms with Gasteiger partial charge in [0.15, 0.2) is 12.4 Å². The summed E-state index contributed by atoms with van der Waals surface area (Å²) >= 11 is 0. The molecule has 7 nitrogen and oxygen atoms in total. The van der Waals surface area contributed by atoms with Gasteiger partial charge in [0.1, 0.15) is 18.0 Å². The average Bonchev–Trinajstić information content (AvgIpc) is 2.89. The van der Waals surface area contributed by atoms with Gasteiger partial charge in [0.25, 0.3) is 0 Å². The maximum Gasteiger partial charge on any atom is 0.325 e. The third kappa shape index (κ3) is 1.96. The molecule has 1 saturated heterocycles. The number of H-pyrrole nitrogens is 1. The Hall–Kier alpha value is -1.64. The van der Waals surface area contributed by atoms with E-state index in [1.54, 1.807) is 0 Å². The van der Waals surface area contributed by atoms with Gasteiger partial charge in [-0.25, -0.2) is 9.18 Å². The summed E-state index contributed by atoms with van der Waals surface area (Å²) in [5.74, 6) is 0.594. The van der Waals surface area contributed by atoms with Crippen LogP contribution < -0.4 is 5.32 Å². The van der Waals surface area contributed by atoms with Gasteiger partial charge < -0.3 is 19.9 Å². The smallest absolute Gasteiger partial charge is 0.325 e. The quantitative estimate of drug-likeness (QED) is 0.619. The van der Waals surface area contributed by atoms with E-state index in [2.05, 4.69) is 10.3 Å². The Balaban J connectivity index is 1.83.